The van der Waals surface area contributed by atoms with E-state index in [9.17, 15) is 8.42 Å². The maximum absolute atomic E-state index is 11.1. The monoisotopic (exact) mass is 272 g/mol. The van der Waals surface area contributed by atoms with Gasteiger partial charge in [0.25, 0.3) is 0 Å². The standard InChI is InChI=1S/C8H7Cl3O2S/c1-5(14(11,12)13)6-3-2-4-7(9)8(6)10/h2-5H,1H3. The summed E-state index contributed by atoms with van der Waals surface area (Å²) < 4.78 is 22.1. The molecule has 0 heterocycles. The van der Waals surface area contributed by atoms with Crippen LogP contribution in [0.2, 0.25) is 10.0 Å². The van der Waals surface area contributed by atoms with Gasteiger partial charge in [-0.25, -0.2) is 8.42 Å². The zero-order valence-electron chi connectivity index (χ0n) is 7.17. The highest BCUT2D eigenvalue weighted by Gasteiger charge is 2.22. The fourth-order valence-electron chi connectivity index (χ4n) is 0.986. The zero-order valence-corrected chi connectivity index (χ0v) is 10.3. The van der Waals surface area contributed by atoms with Crippen LogP contribution in [0.4, 0.5) is 0 Å². The molecule has 0 saturated carbocycles. The molecule has 0 amide bonds. The van der Waals surface area contributed by atoms with Crippen LogP contribution < -0.4 is 0 Å². The SMILES string of the molecule is CC(c1cccc(Cl)c1Cl)S(=O)(=O)Cl. The smallest absolute Gasteiger partial charge is 0.212 e. The second-order valence-electron chi connectivity index (χ2n) is 2.76. The molecule has 1 aromatic carbocycles. The molecule has 0 spiro atoms. The van der Waals surface area contributed by atoms with Crippen molar-refractivity contribution in [3.05, 3.63) is 33.8 Å². The van der Waals surface area contributed by atoms with Gasteiger partial charge in [-0.15, -0.1) is 0 Å². The quantitative estimate of drug-likeness (QED) is 0.771. The van der Waals surface area contributed by atoms with Crippen molar-refractivity contribution in [2.45, 2.75) is 12.2 Å². The van der Waals surface area contributed by atoms with Crippen molar-refractivity contribution in [3.8, 4) is 0 Å². The first-order valence-corrected chi connectivity index (χ1v) is 6.84. The van der Waals surface area contributed by atoms with Gasteiger partial charge in [0.05, 0.1) is 15.3 Å². The minimum atomic E-state index is -3.67. The third-order valence-corrected chi connectivity index (χ3v) is 4.58. The van der Waals surface area contributed by atoms with Gasteiger partial charge in [-0.1, -0.05) is 35.3 Å². The van der Waals surface area contributed by atoms with E-state index in [-0.39, 0.29) is 5.02 Å². The van der Waals surface area contributed by atoms with Gasteiger partial charge in [-0.05, 0) is 18.6 Å². The average molecular weight is 274 g/mol. The van der Waals surface area contributed by atoms with Crippen molar-refractivity contribution in [2.75, 3.05) is 0 Å². The number of benzene rings is 1. The molecule has 6 heteroatoms. The Balaban J connectivity index is 3.28. The van der Waals surface area contributed by atoms with Crippen LogP contribution >= 0.6 is 33.9 Å². The topological polar surface area (TPSA) is 34.1 Å². The van der Waals surface area contributed by atoms with Crippen LogP contribution in [0.5, 0.6) is 0 Å². The molecule has 14 heavy (non-hydrogen) atoms. The number of rotatable bonds is 2. The molecule has 0 N–H and O–H groups in total. The molecular formula is C8H7Cl3O2S. The summed E-state index contributed by atoms with van der Waals surface area (Å²) in [5, 5.41) is -0.322. The van der Waals surface area contributed by atoms with Crippen LogP contribution in [0.25, 0.3) is 0 Å². The van der Waals surface area contributed by atoms with Crippen molar-refractivity contribution in [3.63, 3.8) is 0 Å². The number of hydrogen-bond donors (Lipinski definition) is 0. The van der Waals surface area contributed by atoms with Crippen molar-refractivity contribution in [1.82, 2.24) is 0 Å². The highest BCUT2D eigenvalue weighted by Crippen LogP contribution is 2.34. The van der Waals surface area contributed by atoms with Crippen molar-refractivity contribution >= 4 is 42.9 Å². The molecule has 1 unspecified atom stereocenters. The van der Waals surface area contributed by atoms with E-state index in [4.69, 9.17) is 33.9 Å². The molecular weight excluding hydrogens is 267 g/mol. The van der Waals surface area contributed by atoms with Crippen LogP contribution in [0.15, 0.2) is 18.2 Å². The third kappa shape index (κ3) is 2.54. The minimum Gasteiger partial charge on any atom is -0.212 e. The van der Waals surface area contributed by atoms with Gasteiger partial charge >= 0.3 is 0 Å². The minimum absolute atomic E-state index is 0.228. The van der Waals surface area contributed by atoms with Crippen LogP contribution in [0, 0.1) is 0 Å². The summed E-state index contributed by atoms with van der Waals surface area (Å²) in [7, 11) is 1.55. The van der Waals surface area contributed by atoms with Gasteiger partial charge in [-0.3, -0.25) is 0 Å². The highest BCUT2D eigenvalue weighted by molar-refractivity contribution is 8.13. The summed E-state index contributed by atoms with van der Waals surface area (Å²) in [6, 6.07) is 4.79. The van der Waals surface area contributed by atoms with Crippen LogP contribution in [0.3, 0.4) is 0 Å². The number of hydrogen-bond acceptors (Lipinski definition) is 2. The van der Waals surface area contributed by atoms with E-state index in [2.05, 4.69) is 0 Å². The van der Waals surface area contributed by atoms with Gasteiger partial charge in [-0.2, -0.15) is 0 Å². The summed E-state index contributed by atoms with van der Waals surface area (Å²) in [6.07, 6.45) is 0. The van der Waals surface area contributed by atoms with Crippen molar-refractivity contribution < 1.29 is 8.42 Å². The normalized spacial score (nSPS) is 14.0. The van der Waals surface area contributed by atoms with Gasteiger partial charge in [0.1, 0.15) is 0 Å². The Hall–Kier alpha value is 0.0400. The maximum Gasteiger partial charge on any atom is 0.239 e. The second-order valence-corrected chi connectivity index (χ2v) is 6.49. The second kappa shape index (κ2) is 4.27. The molecule has 0 aliphatic rings. The maximum atomic E-state index is 11.1. The Morgan fingerprint density at radius 1 is 1.29 bits per heavy atom. The predicted octanol–water partition coefficient (Wildman–Crippen LogP) is 3.62. The number of halogens is 3. The van der Waals surface area contributed by atoms with E-state index >= 15 is 0 Å². The molecule has 0 saturated heterocycles. The fraction of sp³-hybridized carbons (Fsp3) is 0.250. The van der Waals surface area contributed by atoms with Gasteiger partial charge in [0, 0.05) is 10.7 Å². The lowest BCUT2D eigenvalue weighted by Crippen LogP contribution is -2.03. The molecule has 0 aromatic heterocycles. The Bertz CT molecular complexity index is 442. The average Bonchev–Trinajstić information content (AvgIpc) is 2.07. The Labute approximate surface area is 97.2 Å². The molecule has 0 aliphatic heterocycles. The van der Waals surface area contributed by atoms with E-state index in [1.807, 2.05) is 0 Å². The summed E-state index contributed by atoms with van der Waals surface area (Å²) in [4.78, 5) is 0. The van der Waals surface area contributed by atoms with E-state index < -0.39 is 14.3 Å². The zero-order chi connectivity index (χ0) is 10.9. The molecule has 2 nitrogen and oxygen atoms in total. The van der Waals surface area contributed by atoms with E-state index in [0.29, 0.717) is 10.6 Å². The molecule has 0 fully saturated rings. The van der Waals surface area contributed by atoms with Crippen molar-refractivity contribution in [1.29, 1.82) is 0 Å². The van der Waals surface area contributed by atoms with Crippen LogP contribution in [0.1, 0.15) is 17.7 Å². The lowest BCUT2D eigenvalue weighted by molar-refractivity contribution is 0.600. The molecule has 78 valence electrons. The Morgan fingerprint density at radius 3 is 2.36 bits per heavy atom. The first-order valence-electron chi connectivity index (χ1n) is 3.71. The van der Waals surface area contributed by atoms with Gasteiger partial charge < -0.3 is 0 Å². The molecule has 1 aromatic rings. The first-order chi connectivity index (χ1) is 6.34. The molecule has 1 atom stereocenters. The Morgan fingerprint density at radius 2 is 1.86 bits per heavy atom. The summed E-state index contributed by atoms with van der Waals surface area (Å²) in [5.74, 6) is 0. The van der Waals surface area contributed by atoms with Gasteiger partial charge in [0.15, 0.2) is 0 Å². The lowest BCUT2D eigenvalue weighted by atomic mass is 10.2. The first kappa shape index (κ1) is 12.1. The van der Waals surface area contributed by atoms with E-state index in [1.54, 1.807) is 18.2 Å². The highest BCUT2D eigenvalue weighted by atomic mass is 35.7. The fourth-order valence-corrected chi connectivity index (χ4v) is 2.31. The molecule has 0 radical (unpaired) electrons. The predicted molar refractivity (Wildman–Crippen MR) is 59.6 cm³/mol. The molecule has 0 aliphatic carbocycles. The van der Waals surface area contributed by atoms with E-state index in [0.717, 1.165) is 0 Å². The molecule has 1 rings (SSSR count). The van der Waals surface area contributed by atoms with Crippen LogP contribution in [-0.2, 0) is 9.05 Å². The lowest BCUT2D eigenvalue weighted by Gasteiger charge is -2.10. The largest absolute Gasteiger partial charge is 0.239 e. The van der Waals surface area contributed by atoms with Crippen molar-refractivity contribution in [2.24, 2.45) is 0 Å². The third-order valence-electron chi connectivity index (χ3n) is 1.84. The van der Waals surface area contributed by atoms with Crippen LogP contribution in [-0.4, -0.2) is 8.42 Å². The summed E-state index contributed by atoms with van der Waals surface area (Å²) >= 11 is 11.6. The Kier molecular flexibility index (Phi) is 3.69. The summed E-state index contributed by atoms with van der Waals surface area (Å²) in [6.45, 7) is 1.46. The van der Waals surface area contributed by atoms with Gasteiger partial charge in [0.2, 0.25) is 9.05 Å². The van der Waals surface area contributed by atoms with E-state index in [1.165, 1.54) is 6.92 Å². The summed E-state index contributed by atoms with van der Waals surface area (Å²) in [5.41, 5.74) is 0.411. The molecule has 0 bridgehead atoms.